The maximum Gasteiger partial charge on any atom is 0.326 e. The van der Waals surface area contributed by atoms with E-state index in [9.17, 15) is 39.0 Å². The van der Waals surface area contributed by atoms with Gasteiger partial charge in [-0.25, -0.2) is 4.79 Å². The quantitative estimate of drug-likeness (QED) is 0.0398. The fourth-order valence-corrected chi connectivity index (χ4v) is 3.57. The van der Waals surface area contributed by atoms with Gasteiger partial charge in [-0.1, -0.05) is 30.3 Å². The lowest BCUT2D eigenvalue weighted by atomic mass is 10.0. The van der Waals surface area contributed by atoms with Crippen molar-refractivity contribution in [2.75, 3.05) is 19.8 Å². The van der Waals surface area contributed by atoms with Gasteiger partial charge in [-0.05, 0) is 18.4 Å². The average Bonchev–Trinajstić information content (AvgIpc) is 2.95. The number of amides is 4. The van der Waals surface area contributed by atoms with Gasteiger partial charge in [-0.15, -0.1) is 0 Å². The Labute approximate surface area is 246 Å². The molecule has 1 rings (SSSR count). The lowest BCUT2D eigenvalue weighted by Crippen LogP contribution is -2.60. The lowest BCUT2D eigenvalue weighted by molar-refractivity contribution is -0.147. The number of hydrogen-bond donors (Lipinski definition) is 11. The van der Waals surface area contributed by atoms with Crippen LogP contribution in [0.5, 0.6) is 0 Å². The summed E-state index contributed by atoms with van der Waals surface area (Å²) < 4.78 is 0. The molecule has 5 atom stereocenters. The van der Waals surface area contributed by atoms with Gasteiger partial charge < -0.3 is 58.9 Å². The zero-order valence-corrected chi connectivity index (χ0v) is 23.1. The molecule has 0 spiro atoms. The molecule has 0 aliphatic carbocycles. The molecule has 0 aliphatic heterocycles. The molecule has 0 unspecified atom stereocenters. The highest BCUT2D eigenvalue weighted by Gasteiger charge is 2.32. The molecule has 1 aromatic rings. The minimum absolute atomic E-state index is 0.127. The third kappa shape index (κ3) is 13.6. The number of aliphatic hydroxyl groups is 2. The summed E-state index contributed by atoms with van der Waals surface area (Å²) in [4.78, 5) is 77.1. The number of aliphatic carboxylic acids is 2. The number of carbonyl (C=O) groups is 6. The summed E-state index contributed by atoms with van der Waals surface area (Å²) in [5, 5.41) is 46.2. The van der Waals surface area contributed by atoms with Gasteiger partial charge in [0.2, 0.25) is 23.6 Å². The topological polar surface area (TPSA) is 322 Å². The van der Waals surface area contributed by atoms with E-state index in [1.165, 1.54) is 0 Å². The van der Waals surface area contributed by atoms with Crippen LogP contribution in [0, 0.1) is 0 Å². The first kappa shape index (κ1) is 36.2. The normalized spacial score (nSPS) is 14.1. The highest BCUT2D eigenvalue weighted by molar-refractivity contribution is 5.96. The largest absolute Gasteiger partial charge is 0.481 e. The molecular formula is C25H38N8O10. The van der Waals surface area contributed by atoms with Crippen molar-refractivity contribution in [1.29, 1.82) is 0 Å². The van der Waals surface area contributed by atoms with E-state index in [1.807, 2.05) is 5.32 Å². The summed E-state index contributed by atoms with van der Waals surface area (Å²) in [6, 6.07) is 0.738. The minimum atomic E-state index is -1.84. The zero-order chi connectivity index (χ0) is 32.5. The van der Waals surface area contributed by atoms with Crippen molar-refractivity contribution in [3.63, 3.8) is 0 Å². The van der Waals surface area contributed by atoms with Crippen molar-refractivity contribution >= 4 is 41.5 Å². The maximum absolute atomic E-state index is 13.2. The molecule has 18 heteroatoms. The first-order valence-corrected chi connectivity index (χ1v) is 13.0. The van der Waals surface area contributed by atoms with Crippen LogP contribution in [0.15, 0.2) is 35.3 Å². The third-order valence-corrected chi connectivity index (χ3v) is 5.84. The summed E-state index contributed by atoms with van der Waals surface area (Å²) in [5.74, 6) is -7.22. The number of nitrogens with one attached hydrogen (secondary N) is 4. The molecule has 0 radical (unpaired) electrons. The second-order valence-electron chi connectivity index (χ2n) is 9.29. The number of nitrogens with zero attached hydrogens (tertiary/aromatic N) is 1. The molecule has 0 saturated heterocycles. The van der Waals surface area contributed by atoms with Gasteiger partial charge in [0.1, 0.15) is 24.2 Å². The van der Waals surface area contributed by atoms with E-state index >= 15 is 0 Å². The molecule has 14 N–H and O–H groups in total. The van der Waals surface area contributed by atoms with Gasteiger partial charge in [0.15, 0.2) is 5.96 Å². The molecule has 0 aliphatic rings. The monoisotopic (exact) mass is 610 g/mol. The van der Waals surface area contributed by atoms with Gasteiger partial charge in [0.25, 0.3) is 0 Å². The SMILES string of the molecule is NC(N)=NCCC[C@H](N)C(=O)N[C@@H](CO)C(=O)N[C@@H](Cc1ccccc1)C(=O)N[C@@H](CO)C(=O)N[C@@H](CC(=O)O)C(=O)O. The van der Waals surface area contributed by atoms with Crippen molar-refractivity contribution in [2.24, 2.45) is 22.2 Å². The van der Waals surface area contributed by atoms with Gasteiger partial charge in [-0.3, -0.25) is 29.0 Å². The zero-order valence-electron chi connectivity index (χ0n) is 23.1. The van der Waals surface area contributed by atoms with E-state index in [1.54, 1.807) is 30.3 Å². The number of aliphatic hydroxyl groups excluding tert-OH is 2. The third-order valence-electron chi connectivity index (χ3n) is 5.84. The molecular weight excluding hydrogens is 572 g/mol. The van der Waals surface area contributed by atoms with Crippen molar-refractivity contribution in [1.82, 2.24) is 21.3 Å². The van der Waals surface area contributed by atoms with Crippen LogP contribution < -0.4 is 38.5 Å². The van der Waals surface area contributed by atoms with Crippen LogP contribution in [0.4, 0.5) is 0 Å². The van der Waals surface area contributed by atoms with E-state index in [0.717, 1.165) is 0 Å². The summed E-state index contributed by atoms with van der Waals surface area (Å²) in [6.45, 7) is -1.65. The molecule has 238 valence electrons. The summed E-state index contributed by atoms with van der Waals surface area (Å²) in [5.41, 5.74) is 16.9. The number of guanidine groups is 1. The fraction of sp³-hybridized carbons (Fsp3) is 0.480. The predicted molar refractivity (Wildman–Crippen MR) is 150 cm³/mol. The number of hydrogen-bond acceptors (Lipinski definition) is 10. The molecule has 0 fully saturated rings. The van der Waals surface area contributed by atoms with Crippen molar-refractivity contribution < 1.29 is 49.2 Å². The van der Waals surface area contributed by atoms with E-state index < -0.39 is 85.4 Å². The van der Waals surface area contributed by atoms with Crippen LogP contribution in [0.2, 0.25) is 0 Å². The van der Waals surface area contributed by atoms with E-state index in [2.05, 4.69) is 20.9 Å². The van der Waals surface area contributed by atoms with Crippen LogP contribution in [0.1, 0.15) is 24.8 Å². The first-order valence-electron chi connectivity index (χ1n) is 13.0. The number of carboxylic acid groups (broad SMARTS) is 2. The molecule has 0 aromatic heterocycles. The summed E-state index contributed by atoms with van der Waals surface area (Å²) in [6.07, 6.45) is -0.592. The second kappa shape index (κ2) is 18.6. The number of carbonyl (C=O) groups excluding carboxylic acids is 4. The Morgan fingerprint density at radius 2 is 1.23 bits per heavy atom. The Morgan fingerprint density at radius 1 is 0.744 bits per heavy atom. The van der Waals surface area contributed by atoms with Gasteiger partial charge in [0, 0.05) is 13.0 Å². The summed E-state index contributed by atoms with van der Waals surface area (Å²) in [7, 11) is 0. The van der Waals surface area contributed by atoms with E-state index in [0.29, 0.717) is 12.0 Å². The molecule has 0 saturated carbocycles. The number of aliphatic imine (C=N–C) groups is 1. The molecule has 0 heterocycles. The minimum Gasteiger partial charge on any atom is -0.481 e. The van der Waals surface area contributed by atoms with E-state index in [4.69, 9.17) is 27.4 Å². The van der Waals surface area contributed by atoms with Crippen molar-refractivity contribution in [2.45, 2.75) is 55.9 Å². The lowest BCUT2D eigenvalue weighted by Gasteiger charge is -2.25. The Balaban J connectivity index is 3.01. The Morgan fingerprint density at radius 3 is 1.72 bits per heavy atom. The Hall–Kier alpha value is -4.81. The van der Waals surface area contributed by atoms with E-state index in [-0.39, 0.29) is 25.3 Å². The Kier molecular flexibility index (Phi) is 15.7. The molecule has 43 heavy (non-hydrogen) atoms. The fourth-order valence-electron chi connectivity index (χ4n) is 3.57. The molecule has 1 aromatic carbocycles. The number of rotatable bonds is 19. The van der Waals surface area contributed by atoms with Gasteiger partial charge in [0.05, 0.1) is 25.7 Å². The van der Waals surface area contributed by atoms with Crippen LogP contribution >= 0.6 is 0 Å². The number of benzene rings is 1. The highest BCUT2D eigenvalue weighted by atomic mass is 16.4. The van der Waals surface area contributed by atoms with Crippen molar-refractivity contribution in [3.8, 4) is 0 Å². The smallest absolute Gasteiger partial charge is 0.326 e. The van der Waals surface area contributed by atoms with Crippen molar-refractivity contribution in [3.05, 3.63) is 35.9 Å². The second-order valence-corrected chi connectivity index (χ2v) is 9.29. The molecule has 0 bridgehead atoms. The molecule has 4 amide bonds. The van der Waals surface area contributed by atoms with Crippen LogP contribution in [-0.4, -0.2) is 112 Å². The van der Waals surface area contributed by atoms with Gasteiger partial charge in [-0.2, -0.15) is 0 Å². The van der Waals surface area contributed by atoms with Crippen LogP contribution in [0.25, 0.3) is 0 Å². The van der Waals surface area contributed by atoms with Crippen LogP contribution in [0.3, 0.4) is 0 Å². The summed E-state index contributed by atoms with van der Waals surface area (Å²) >= 11 is 0. The van der Waals surface area contributed by atoms with Gasteiger partial charge >= 0.3 is 11.9 Å². The highest BCUT2D eigenvalue weighted by Crippen LogP contribution is 2.06. The maximum atomic E-state index is 13.2. The standard InChI is InChI=1S/C25H38N8O10/c26-14(7-4-8-29-25(27)28)20(38)32-17(11-34)22(40)30-15(9-13-5-2-1-3-6-13)21(39)33-18(12-35)23(41)31-16(24(42)43)10-19(36)37/h1-3,5-6,14-18,34-35H,4,7-12,26H2,(H,30,40)(H,31,41)(H,32,38)(H,33,39)(H,36,37)(H,42,43)(H4,27,28,29)/t14-,15-,16-,17-,18-/m0/s1. The predicted octanol–water partition coefficient (Wildman–Crippen LogP) is -4.91. The molecule has 18 nitrogen and oxygen atoms in total. The average molecular weight is 611 g/mol. The number of carboxylic acids is 2. The first-order chi connectivity index (χ1) is 20.3. The number of nitrogens with two attached hydrogens (primary N) is 3. The van der Waals surface area contributed by atoms with Crippen LogP contribution in [-0.2, 0) is 35.2 Å². The Bertz CT molecular complexity index is 1150.